The first-order valence-electron chi connectivity index (χ1n) is 7.79. The van der Waals surface area contributed by atoms with Gasteiger partial charge in [-0.15, -0.1) is 0 Å². The van der Waals surface area contributed by atoms with Crippen molar-refractivity contribution in [3.8, 4) is 0 Å². The van der Waals surface area contributed by atoms with Crippen LogP contribution in [0.3, 0.4) is 0 Å². The fraction of sp³-hybridized carbons (Fsp3) is 0.529. The highest BCUT2D eigenvalue weighted by molar-refractivity contribution is 5.95. The zero-order chi connectivity index (χ0) is 19.4. The number of halogens is 3. The lowest BCUT2D eigenvalue weighted by molar-refractivity contribution is -0.137. The van der Waals surface area contributed by atoms with Crippen molar-refractivity contribution < 1.29 is 22.8 Å². The Balaban J connectivity index is 2.80. The number of anilines is 2. The summed E-state index contributed by atoms with van der Waals surface area (Å²) in [6.45, 7) is 5.34. The molecule has 8 heteroatoms. The highest BCUT2D eigenvalue weighted by Crippen LogP contribution is 2.34. The van der Waals surface area contributed by atoms with Crippen LogP contribution in [0.1, 0.15) is 32.8 Å². The van der Waals surface area contributed by atoms with Gasteiger partial charge in [0, 0.05) is 32.5 Å². The normalized spacial score (nSPS) is 11.8. The molecule has 25 heavy (non-hydrogen) atoms. The van der Waals surface area contributed by atoms with E-state index in [4.69, 9.17) is 0 Å². The van der Waals surface area contributed by atoms with Gasteiger partial charge in [-0.2, -0.15) is 13.2 Å². The minimum absolute atomic E-state index is 0.0368. The van der Waals surface area contributed by atoms with Gasteiger partial charge in [0.05, 0.1) is 16.9 Å². The van der Waals surface area contributed by atoms with E-state index in [1.54, 1.807) is 39.8 Å². The van der Waals surface area contributed by atoms with Gasteiger partial charge in [0.25, 0.3) is 0 Å². The molecule has 2 N–H and O–H groups in total. The van der Waals surface area contributed by atoms with Crippen LogP contribution in [-0.2, 0) is 15.8 Å². The second-order valence-corrected chi connectivity index (χ2v) is 6.93. The van der Waals surface area contributed by atoms with Gasteiger partial charge in [0.1, 0.15) is 0 Å². The predicted molar refractivity (Wildman–Crippen MR) is 91.5 cm³/mol. The molecule has 5 nitrogen and oxygen atoms in total. The zero-order valence-electron chi connectivity index (χ0n) is 15.0. The number of nitrogens with one attached hydrogen (secondary N) is 2. The number of nitrogens with zero attached hydrogens (tertiary/aromatic N) is 1. The van der Waals surface area contributed by atoms with Crippen LogP contribution in [0.5, 0.6) is 0 Å². The van der Waals surface area contributed by atoms with Crippen LogP contribution in [0.25, 0.3) is 0 Å². The van der Waals surface area contributed by atoms with Crippen molar-refractivity contribution in [2.24, 2.45) is 5.41 Å². The maximum atomic E-state index is 12.9. The van der Waals surface area contributed by atoms with Gasteiger partial charge >= 0.3 is 6.18 Å². The highest BCUT2D eigenvalue weighted by Gasteiger charge is 2.31. The van der Waals surface area contributed by atoms with Gasteiger partial charge in [-0.1, -0.05) is 20.8 Å². The highest BCUT2D eigenvalue weighted by atomic mass is 19.4. The van der Waals surface area contributed by atoms with Crippen LogP contribution in [0, 0.1) is 5.41 Å². The summed E-state index contributed by atoms with van der Waals surface area (Å²) < 4.78 is 38.6. The largest absolute Gasteiger partial charge is 0.416 e. The molecule has 0 saturated heterocycles. The minimum Gasteiger partial charge on any atom is -0.376 e. The van der Waals surface area contributed by atoms with Crippen LogP contribution in [0.15, 0.2) is 18.2 Å². The molecule has 0 saturated carbocycles. The number of hydrogen-bond donors (Lipinski definition) is 2. The van der Waals surface area contributed by atoms with Crippen molar-refractivity contribution in [3.05, 3.63) is 23.8 Å². The summed E-state index contributed by atoms with van der Waals surface area (Å²) in [5, 5.41) is 5.11. The predicted octanol–water partition coefficient (Wildman–Crippen LogP) is 3.26. The van der Waals surface area contributed by atoms with Gasteiger partial charge in [0.2, 0.25) is 11.8 Å². The van der Waals surface area contributed by atoms with Gasteiger partial charge in [0.15, 0.2) is 0 Å². The fourth-order valence-corrected chi connectivity index (χ4v) is 1.97. The topological polar surface area (TPSA) is 61.4 Å². The Morgan fingerprint density at radius 1 is 1.12 bits per heavy atom. The molecule has 0 bridgehead atoms. The Hall–Kier alpha value is -2.25. The molecule has 1 aromatic rings. The van der Waals surface area contributed by atoms with E-state index >= 15 is 0 Å². The summed E-state index contributed by atoms with van der Waals surface area (Å²) in [4.78, 5) is 25.4. The van der Waals surface area contributed by atoms with Gasteiger partial charge in [-0.05, 0) is 18.2 Å². The average molecular weight is 359 g/mol. The molecule has 0 aromatic heterocycles. The van der Waals surface area contributed by atoms with E-state index in [0.717, 1.165) is 12.1 Å². The molecule has 140 valence electrons. The quantitative estimate of drug-likeness (QED) is 0.848. The molecule has 1 rings (SSSR count). The number of carbonyl (C=O) groups is 2. The van der Waals surface area contributed by atoms with E-state index < -0.39 is 23.1 Å². The third-order valence-electron chi connectivity index (χ3n) is 3.40. The van der Waals surface area contributed by atoms with Gasteiger partial charge < -0.3 is 15.5 Å². The van der Waals surface area contributed by atoms with Crippen molar-refractivity contribution >= 4 is 23.2 Å². The molecule has 0 atom stereocenters. The third kappa shape index (κ3) is 6.28. The lowest BCUT2D eigenvalue weighted by atomic mass is 9.96. The van der Waals surface area contributed by atoms with E-state index in [1.165, 1.54) is 6.07 Å². The van der Waals surface area contributed by atoms with E-state index in [2.05, 4.69) is 10.6 Å². The molecule has 0 radical (unpaired) electrons. The Labute approximate surface area is 145 Å². The lowest BCUT2D eigenvalue weighted by Crippen LogP contribution is -2.36. The molecule has 1 aromatic carbocycles. The Kier molecular flexibility index (Phi) is 6.45. The maximum Gasteiger partial charge on any atom is 0.416 e. The number of amides is 2. The SMILES string of the molecule is CN(C)c1ccc(C(F)(F)F)cc1NC(=O)CCNC(=O)C(C)(C)C. The molecule has 2 amide bonds. The van der Waals surface area contributed by atoms with Crippen molar-refractivity contribution in [2.45, 2.75) is 33.4 Å². The van der Waals surface area contributed by atoms with E-state index in [-0.39, 0.29) is 24.6 Å². The summed E-state index contributed by atoms with van der Waals surface area (Å²) in [5.74, 6) is -0.676. The number of carbonyl (C=O) groups excluding carboxylic acids is 2. The van der Waals surface area contributed by atoms with Crippen molar-refractivity contribution in [1.82, 2.24) is 5.32 Å². The van der Waals surface area contributed by atoms with E-state index in [0.29, 0.717) is 5.69 Å². The van der Waals surface area contributed by atoms with E-state index in [9.17, 15) is 22.8 Å². The first-order chi connectivity index (χ1) is 11.3. The second-order valence-electron chi connectivity index (χ2n) is 6.93. The molecule has 0 spiro atoms. The van der Waals surface area contributed by atoms with E-state index in [1.807, 2.05) is 0 Å². The number of alkyl halides is 3. The van der Waals surface area contributed by atoms with Crippen LogP contribution in [0.4, 0.5) is 24.5 Å². The Morgan fingerprint density at radius 3 is 2.20 bits per heavy atom. The number of benzene rings is 1. The minimum atomic E-state index is -4.50. The molecule has 0 aliphatic carbocycles. The van der Waals surface area contributed by atoms with Crippen LogP contribution >= 0.6 is 0 Å². The third-order valence-corrected chi connectivity index (χ3v) is 3.40. The van der Waals surface area contributed by atoms with Gasteiger partial charge in [-0.25, -0.2) is 0 Å². The summed E-state index contributed by atoms with van der Waals surface area (Å²) in [5.41, 5.74) is -0.878. The zero-order valence-corrected chi connectivity index (χ0v) is 15.0. The second kappa shape index (κ2) is 7.76. The standard InChI is InChI=1S/C17H24F3N3O2/c1-16(2,3)15(25)21-9-8-14(24)22-12-10-11(17(18,19)20)6-7-13(12)23(4)5/h6-7,10H,8-9H2,1-5H3,(H,21,25)(H,22,24). The molecule has 0 unspecified atom stereocenters. The van der Waals surface area contributed by atoms with Crippen molar-refractivity contribution in [1.29, 1.82) is 0 Å². The number of rotatable bonds is 5. The van der Waals surface area contributed by atoms with Crippen molar-refractivity contribution in [2.75, 3.05) is 30.9 Å². The molecule has 0 heterocycles. The molecule has 0 aliphatic rings. The fourth-order valence-electron chi connectivity index (χ4n) is 1.97. The van der Waals surface area contributed by atoms with Crippen LogP contribution < -0.4 is 15.5 Å². The molecular formula is C17H24F3N3O2. The molecule has 0 fully saturated rings. The Morgan fingerprint density at radius 2 is 1.72 bits per heavy atom. The summed E-state index contributed by atoms with van der Waals surface area (Å²) in [6, 6.07) is 3.18. The summed E-state index contributed by atoms with van der Waals surface area (Å²) in [6.07, 6.45) is -4.53. The van der Waals surface area contributed by atoms with Crippen LogP contribution in [-0.4, -0.2) is 32.5 Å². The molecule has 0 aliphatic heterocycles. The smallest absolute Gasteiger partial charge is 0.376 e. The maximum absolute atomic E-state index is 12.9. The van der Waals surface area contributed by atoms with Gasteiger partial charge in [-0.3, -0.25) is 9.59 Å². The van der Waals surface area contributed by atoms with Crippen LogP contribution in [0.2, 0.25) is 0 Å². The summed E-state index contributed by atoms with van der Waals surface area (Å²) >= 11 is 0. The first-order valence-corrected chi connectivity index (χ1v) is 7.79. The number of hydrogen-bond acceptors (Lipinski definition) is 3. The lowest BCUT2D eigenvalue weighted by Gasteiger charge is -2.20. The first kappa shape index (κ1) is 20.8. The Bertz CT molecular complexity index is 635. The average Bonchev–Trinajstić information content (AvgIpc) is 2.44. The summed E-state index contributed by atoms with van der Waals surface area (Å²) in [7, 11) is 3.34. The monoisotopic (exact) mass is 359 g/mol. The van der Waals surface area contributed by atoms with Crippen molar-refractivity contribution in [3.63, 3.8) is 0 Å². The molecular weight excluding hydrogens is 335 g/mol.